The minimum Gasteiger partial charge on any atom is -0.334 e. The highest BCUT2D eigenvalue weighted by atomic mass is 32.2. The zero-order valence-electron chi connectivity index (χ0n) is 15.0. The van der Waals surface area contributed by atoms with E-state index in [4.69, 9.17) is 0 Å². The molecule has 1 aromatic carbocycles. The maximum atomic E-state index is 13.1. The molecule has 1 aliphatic carbocycles. The minimum atomic E-state index is -3.14. The Hall–Kier alpha value is -2.22. The Balaban J connectivity index is 1.56. The number of hydrogen-bond donors (Lipinski definition) is 0. The van der Waals surface area contributed by atoms with E-state index in [1.165, 1.54) is 0 Å². The molecule has 27 heavy (non-hydrogen) atoms. The summed E-state index contributed by atoms with van der Waals surface area (Å²) in [5.74, 6) is -1.21. The predicted octanol–water partition coefficient (Wildman–Crippen LogP) is 1.24. The number of rotatable bonds is 4. The second-order valence-electron chi connectivity index (χ2n) is 7.54. The van der Waals surface area contributed by atoms with Crippen molar-refractivity contribution in [1.82, 2.24) is 9.80 Å². The molecule has 2 heterocycles. The molecule has 1 saturated carbocycles. The van der Waals surface area contributed by atoms with Crippen molar-refractivity contribution in [2.75, 3.05) is 18.1 Å². The Kier molecular flexibility index (Phi) is 4.53. The average molecular weight is 390 g/mol. The van der Waals surface area contributed by atoms with Crippen LogP contribution in [-0.4, -0.2) is 66.1 Å². The molecule has 8 heteroatoms. The Morgan fingerprint density at radius 1 is 1.00 bits per heavy atom. The highest BCUT2D eigenvalue weighted by Crippen LogP contribution is 2.30. The topological polar surface area (TPSA) is 91.8 Å². The van der Waals surface area contributed by atoms with E-state index in [0.717, 1.165) is 30.6 Å². The molecule has 2 aliphatic heterocycles. The smallest absolute Gasteiger partial charge is 0.262 e. The van der Waals surface area contributed by atoms with E-state index in [2.05, 4.69) is 0 Å². The van der Waals surface area contributed by atoms with Crippen LogP contribution in [0.4, 0.5) is 0 Å². The van der Waals surface area contributed by atoms with Gasteiger partial charge in [-0.15, -0.1) is 0 Å². The second kappa shape index (κ2) is 6.74. The fourth-order valence-corrected chi connectivity index (χ4v) is 6.19. The Bertz CT molecular complexity index is 869. The molecule has 0 unspecified atom stereocenters. The molecule has 4 rings (SSSR count). The van der Waals surface area contributed by atoms with Crippen molar-refractivity contribution in [3.63, 3.8) is 0 Å². The average Bonchev–Trinajstić information content (AvgIpc) is 3.33. The molecule has 0 spiro atoms. The van der Waals surface area contributed by atoms with E-state index in [1.54, 1.807) is 29.2 Å². The van der Waals surface area contributed by atoms with E-state index in [9.17, 15) is 22.8 Å². The van der Waals surface area contributed by atoms with Crippen LogP contribution in [0.5, 0.6) is 0 Å². The Labute approximate surface area is 158 Å². The number of imide groups is 1. The lowest BCUT2D eigenvalue weighted by Gasteiger charge is -2.35. The molecule has 0 N–H and O–H groups in total. The van der Waals surface area contributed by atoms with Gasteiger partial charge in [0.15, 0.2) is 9.84 Å². The summed E-state index contributed by atoms with van der Waals surface area (Å²) in [5, 5.41) is 0. The summed E-state index contributed by atoms with van der Waals surface area (Å²) >= 11 is 0. The van der Waals surface area contributed by atoms with Gasteiger partial charge in [-0.1, -0.05) is 25.0 Å². The molecule has 0 radical (unpaired) electrons. The summed E-state index contributed by atoms with van der Waals surface area (Å²) in [4.78, 5) is 40.9. The number of hydrogen-bond acceptors (Lipinski definition) is 5. The van der Waals surface area contributed by atoms with Crippen molar-refractivity contribution in [2.24, 2.45) is 0 Å². The molecule has 0 bridgehead atoms. The number of sulfone groups is 1. The number of nitrogens with zero attached hydrogens (tertiary/aromatic N) is 2. The lowest BCUT2D eigenvalue weighted by atomic mass is 10.1. The van der Waals surface area contributed by atoms with Crippen molar-refractivity contribution in [3.05, 3.63) is 35.4 Å². The molecular weight excluding hydrogens is 368 g/mol. The fourth-order valence-electron chi connectivity index (χ4n) is 4.48. The lowest BCUT2D eigenvalue weighted by Crippen LogP contribution is -2.51. The van der Waals surface area contributed by atoms with E-state index in [1.807, 2.05) is 0 Å². The number of carbonyl (C=O) groups excluding carboxylic acids is 3. The van der Waals surface area contributed by atoms with Crippen LogP contribution in [0.15, 0.2) is 24.3 Å². The molecule has 1 aromatic rings. The Morgan fingerprint density at radius 3 is 2.11 bits per heavy atom. The van der Waals surface area contributed by atoms with Crippen molar-refractivity contribution in [3.8, 4) is 0 Å². The molecule has 0 aromatic heterocycles. The van der Waals surface area contributed by atoms with Crippen molar-refractivity contribution in [2.45, 2.75) is 44.2 Å². The number of benzene rings is 1. The maximum absolute atomic E-state index is 13.1. The minimum absolute atomic E-state index is 0.00835. The summed E-state index contributed by atoms with van der Waals surface area (Å²) in [5.41, 5.74) is 0.623. The van der Waals surface area contributed by atoms with Crippen molar-refractivity contribution in [1.29, 1.82) is 0 Å². The first-order valence-electron chi connectivity index (χ1n) is 9.34. The lowest BCUT2D eigenvalue weighted by molar-refractivity contribution is -0.135. The van der Waals surface area contributed by atoms with Gasteiger partial charge in [0.2, 0.25) is 5.91 Å². The van der Waals surface area contributed by atoms with E-state index in [0.29, 0.717) is 17.5 Å². The zero-order valence-corrected chi connectivity index (χ0v) is 15.8. The van der Waals surface area contributed by atoms with Crippen molar-refractivity contribution >= 4 is 27.6 Å². The summed E-state index contributed by atoms with van der Waals surface area (Å²) in [6.45, 7) is -0.334. The molecular formula is C19H22N2O5S. The standard InChI is InChI=1S/C19H22N2O5S/c22-17(11-20-18(23)15-7-3-4-8-16(15)19(20)24)21(13-5-1-2-6-13)14-9-10-27(25,26)12-14/h3-4,7-8,13-14H,1-2,5-6,9-12H2/t14-/m0/s1. The van der Waals surface area contributed by atoms with Crippen LogP contribution < -0.4 is 0 Å². The third-order valence-corrected chi connectivity index (χ3v) is 7.53. The second-order valence-corrected chi connectivity index (χ2v) is 9.77. The van der Waals surface area contributed by atoms with E-state index in [-0.39, 0.29) is 36.0 Å². The van der Waals surface area contributed by atoms with Crippen LogP contribution in [0, 0.1) is 0 Å². The van der Waals surface area contributed by atoms with E-state index < -0.39 is 21.7 Å². The normalized spacial score (nSPS) is 24.4. The van der Waals surface area contributed by atoms with Crippen LogP contribution in [0.3, 0.4) is 0 Å². The fraction of sp³-hybridized carbons (Fsp3) is 0.526. The van der Waals surface area contributed by atoms with Gasteiger partial charge in [-0.3, -0.25) is 19.3 Å². The first kappa shape index (κ1) is 18.2. The van der Waals surface area contributed by atoms with Crippen LogP contribution in [0.25, 0.3) is 0 Å². The monoisotopic (exact) mass is 390 g/mol. The largest absolute Gasteiger partial charge is 0.334 e. The van der Waals surface area contributed by atoms with Gasteiger partial charge < -0.3 is 4.90 Å². The van der Waals surface area contributed by atoms with Crippen LogP contribution in [0.1, 0.15) is 52.8 Å². The third kappa shape index (κ3) is 3.26. The molecule has 3 amide bonds. The number of fused-ring (bicyclic) bond motifs is 1. The van der Waals surface area contributed by atoms with Gasteiger partial charge in [-0.25, -0.2) is 8.42 Å². The van der Waals surface area contributed by atoms with E-state index >= 15 is 0 Å². The molecule has 7 nitrogen and oxygen atoms in total. The van der Waals surface area contributed by atoms with Gasteiger partial charge in [-0.05, 0) is 31.4 Å². The summed E-state index contributed by atoms with van der Waals surface area (Å²) in [6, 6.07) is 6.16. The maximum Gasteiger partial charge on any atom is 0.262 e. The summed E-state index contributed by atoms with van der Waals surface area (Å²) in [7, 11) is -3.14. The molecule has 2 fully saturated rings. The highest BCUT2D eigenvalue weighted by Gasteiger charge is 2.42. The molecule has 3 aliphatic rings. The van der Waals surface area contributed by atoms with Crippen LogP contribution >= 0.6 is 0 Å². The SMILES string of the molecule is O=C1c2ccccc2C(=O)N1CC(=O)N(C1CCCC1)[C@H]1CCS(=O)(=O)C1. The van der Waals surface area contributed by atoms with Gasteiger partial charge in [0.1, 0.15) is 6.54 Å². The van der Waals surface area contributed by atoms with Crippen LogP contribution in [-0.2, 0) is 14.6 Å². The van der Waals surface area contributed by atoms with Gasteiger partial charge in [0, 0.05) is 12.1 Å². The first-order chi connectivity index (χ1) is 12.9. The van der Waals surface area contributed by atoms with Gasteiger partial charge in [0.05, 0.1) is 22.6 Å². The number of amides is 3. The number of carbonyl (C=O) groups is 3. The molecule has 1 saturated heterocycles. The van der Waals surface area contributed by atoms with Gasteiger partial charge >= 0.3 is 0 Å². The van der Waals surface area contributed by atoms with Gasteiger partial charge in [-0.2, -0.15) is 0 Å². The zero-order chi connectivity index (χ0) is 19.2. The van der Waals surface area contributed by atoms with Gasteiger partial charge in [0.25, 0.3) is 11.8 Å². The van der Waals surface area contributed by atoms with Crippen LogP contribution in [0.2, 0.25) is 0 Å². The first-order valence-corrected chi connectivity index (χ1v) is 11.2. The summed E-state index contributed by atoms with van der Waals surface area (Å²) in [6.07, 6.45) is 4.10. The molecule has 144 valence electrons. The third-order valence-electron chi connectivity index (χ3n) is 5.78. The predicted molar refractivity (Wildman–Crippen MR) is 98.0 cm³/mol. The highest BCUT2D eigenvalue weighted by molar-refractivity contribution is 7.91. The molecule has 1 atom stereocenters. The van der Waals surface area contributed by atoms with Crippen molar-refractivity contribution < 1.29 is 22.8 Å². The quantitative estimate of drug-likeness (QED) is 0.722. The Morgan fingerprint density at radius 2 is 1.59 bits per heavy atom. The summed E-state index contributed by atoms with van der Waals surface area (Å²) < 4.78 is 23.8.